The van der Waals surface area contributed by atoms with E-state index in [1.807, 2.05) is 0 Å². The van der Waals surface area contributed by atoms with Gasteiger partial charge >= 0.3 is 0 Å². The van der Waals surface area contributed by atoms with Crippen LogP contribution in [0.25, 0.3) is 0 Å². The van der Waals surface area contributed by atoms with Crippen molar-refractivity contribution in [2.24, 2.45) is 0 Å². The average Bonchev–Trinajstić information content (AvgIpc) is 2.58. The fraction of sp³-hybridized carbons (Fsp3) is 0.833. The Morgan fingerprint density at radius 3 is 2.08 bits per heavy atom. The summed E-state index contributed by atoms with van der Waals surface area (Å²) in [4.78, 5) is 0. The van der Waals surface area contributed by atoms with Crippen LogP contribution in [-0.4, -0.2) is 11.2 Å². The summed E-state index contributed by atoms with van der Waals surface area (Å²) in [7, 11) is 0. The van der Waals surface area contributed by atoms with Gasteiger partial charge in [-0.25, -0.2) is 0 Å². The Hall–Kier alpha value is -0.300. The van der Waals surface area contributed by atoms with Gasteiger partial charge in [0.1, 0.15) is 0 Å². The first-order valence-corrected chi connectivity index (χ1v) is 5.63. The molecule has 2 rings (SSSR count). The van der Waals surface area contributed by atoms with Crippen LogP contribution >= 0.6 is 0 Å². The molecule has 0 heterocycles. The molecule has 0 amide bonds. The van der Waals surface area contributed by atoms with Crippen LogP contribution in [0.15, 0.2) is 11.6 Å². The predicted molar refractivity (Wildman–Crippen MR) is 56.7 cm³/mol. The highest BCUT2D eigenvalue weighted by Crippen LogP contribution is 2.16. The van der Waals surface area contributed by atoms with Gasteiger partial charge in [0, 0.05) is 0 Å². The molecule has 0 radical (unpaired) electrons. The first kappa shape index (κ1) is 10.8. The lowest BCUT2D eigenvalue weighted by Gasteiger charge is -2.14. The lowest BCUT2D eigenvalue weighted by molar-refractivity contribution is 0.130. The van der Waals surface area contributed by atoms with E-state index in [1.165, 1.54) is 38.5 Å². The van der Waals surface area contributed by atoms with Gasteiger partial charge < -0.3 is 5.11 Å². The van der Waals surface area contributed by atoms with Gasteiger partial charge in [-0.2, -0.15) is 0 Å². The van der Waals surface area contributed by atoms with E-state index >= 15 is 0 Å². The monoisotopic (exact) mass is 182 g/mol. The maximum atomic E-state index is 8.91. The molecule has 0 unspecified atom stereocenters. The van der Waals surface area contributed by atoms with Crippen LogP contribution in [0.5, 0.6) is 0 Å². The molecule has 0 spiro atoms. The Kier molecular flexibility index (Phi) is 5.14. The molecule has 0 saturated heterocycles. The second-order valence-corrected chi connectivity index (χ2v) is 4.23. The van der Waals surface area contributed by atoms with Crippen molar-refractivity contribution in [2.75, 3.05) is 0 Å². The van der Waals surface area contributed by atoms with E-state index in [0.29, 0.717) is 0 Å². The zero-order valence-electron chi connectivity index (χ0n) is 8.76. The molecule has 0 bridgehead atoms. The molecule has 1 fully saturated rings. The van der Waals surface area contributed by atoms with E-state index in [1.54, 1.807) is 5.57 Å². The molecule has 0 atom stereocenters. The minimum Gasteiger partial charge on any atom is -0.393 e. The number of rotatable bonds is 0. The van der Waals surface area contributed by atoms with Gasteiger partial charge in [0.25, 0.3) is 0 Å². The Morgan fingerprint density at radius 2 is 1.85 bits per heavy atom. The Balaban J connectivity index is 0.000000132. The molecule has 13 heavy (non-hydrogen) atoms. The number of allylic oxidation sites excluding steroid dienone is 2. The van der Waals surface area contributed by atoms with Crippen molar-refractivity contribution in [3.8, 4) is 0 Å². The smallest absolute Gasteiger partial charge is 0.0540 e. The molecular formula is C12H22O. The molecule has 0 aliphatic heterocycles. The SMILES string of the molecule is CC1=CCCC1.OC1CCCCC1. The molecule has 2 aliphatic carbocycles. The average molecular weight is 182 g/mol. The van der Waals surface area contributed by atoms with Crippen LogP contribution in [0.1, 0.15) is 58.3 Å². The summed E-state index contributed by atoms with van der Waals surface area (Å²) in [5.74, 6) is 0. The fourth-order valence-corrected chi connectivity index (χ4v) is 1.91. The molecular weight excluding hydrogens is 160 g/mol. The fourth-order valence-electron chi connectivity index (χ4n) is 1.91. The van der Waals surface area contributed by atoms with Crippen molar-refractivity contribution in [3.63, 3.8) is 0 Å². The summed E-state index contributed by atoms with van der Waals surface area (Å²) in [5.41, 5.74) is 1.58. The standard InChI is InChI=1S/C6H12O.C6H10/c7-6-4-2-1-3-5-6;1-6-4-2-3-5-6/h6-7H,1-5H2;4H,2-3,5H2,1H3. The van der Waals surface area contributed by atoms with Gasteiger partial charge in [0.05, 0.1) is 6.10 Å². The molecule has 0 aromatic carbocycles. The third kappa shape index (κ3) is 5.09. The highest BCUT2D eigenvalue weighted by atomic mass is 16.3. The van der Waals surface area contributed by atoms with E-state index in [0.717, 1.165) is 12.8 Å². The normalized spacial score (nSPS) is 23.4. The highest BCUT2D eigenvalue weighted by Gasteiger charge is 2.07. The first-order valence-electron chi connectivity index (χ1n) is 5.63. The van der Waals surface area contributed by atoms with Crippen molar-refractivity contribution < 1.29 is 5.11 Å². The minimum absolute atomic E-state index is 0.0359. The minimum atomic E-state index is 0.0359. The van der Waals surface area contributed by atoms with Crippen molar-refractivity contribution in [1.82, 2.24) is 0 Å². The molecule has 2 aliphatic rings. The summed E-state index contributed by atoms with van der Waals surface area (Å²) in [6.07, 6.45) is 12.3. The number of hydrogen-bond donors (Lipinski definition) is 1. The van der Waals surface area contributed by atoms with E-state index in [2.05, 4.69) is 13.0 Å². The molecule has 1 nitrogen and oxygen atoms in total. The largest absolute Gasteiger partial charge is 0.393 e. The Labute approximate surface area is 81.9 Å². The third-order valence-electron chi connectivity index (χ3n) is 2.84. The summed E-state index contributed by atoms with van der Waals surface area (Å²) in [5, 5.41) is 8.91. The first-order chi connectivity index (χ1) is 6.29. The second-order valence-electron chi connectivity index (χ2n) is 4.23. The van der Waals surface area contributed by atoms with E-state index < -0.39 is 0 Å². The quantitative estimate of drug-likeness (QED) is 0.569. The van der Waals surface area contributed by atoms with Crippen molar-refractivity contribution in [3.05, 3.63) is 11.6 Å². The topological polar surface area (TPSA) is 20.2 Å². The van der Waals surface area contributed by atoms with Gasteiger partial charge in [-0.15, -0.1) is 0 Å². The molecule has 1 N–H and O–H groups in total. The van der Waals surface area contributed by atoms with Crippen LogP contribution in [0, 0.1) is 0 Å². The maximum absolute atomic E-state index is 8.91. The zero-order chi connectivity index (χ0) is 9.52. The molecule has 1 saturated carbocycles. The number of hydrogen-bond acceptors (Lipinski definition) is 1. The highest BCUT2D eigenvalue weighted by molar-refractivity contribution is 5.02. The lowest BCUT2D eigenvalue weighted by atomic mass is 9.98. The van der Waals surface area contributed by atoms with E-state index in [9.17, 15) is 0 Å². The van der Waals surface area contributed by atoms with Crippen molar-refractivity contribution in [1.29, 1.82) is 0 Å². The van der Waals surface area contributed by atoms with Gasteiger partial charge in [-0.1, -0.05) is 30.9 Å². The molecule has 1 heteroatoms. The summed E-state index contributed by atoms with van der Waals surface area (Å²) in [6.45, 7) is 2.20. The van der Waals surface area contributed by atoms with Crippen molar-refractivity contribution in [2.45, 2.75) is 64.4 Å². The number of aliphatic hydroxyl groups excluding tert-OH is 1. The van der Waals surface area contributed by atoms with E-state index in [-0.39, 0.29) is 6.10 Å². The van der Waals surface area contributed by atoms with Gasteiger partial charge in [0.2, 0.25) is 0 Å². The van der Waals surface area contributed by atoms with Gasteiger partial charge in [0.15, 0.2) is 0 Å². The van der Waals surface area contributed by atoms with Crippen LogP contribution in [0.3, 0.4) is 0 Å². The summed E-state index contributed by atoms with van der Waals surface area (Å²) < 4.78 is 0. The maximum Gasteiger partial charge on any atom is 0.0540 e. The summed E-state index contributed by atoms with van der Waals surface area (Å²) in [6, 6.07) is 0. The third-order valence-corrected chi connectivity index (χ3v) is 2.84. The lowest BCUT2D eigenvalue weighted by Crippen LogP contribution is -2.09. The van der Waals surface area contributed by atoms with Crippen LogP contribution in [-0.2, 0) is 0 Å². The molecule has 0 aromatic rings. The summed E-state index contributed by atoms with van der Waals surface area (Å²) >= 11 is 0. The van der Waals surface area contributed by atoms with Crippen LogP contribution < -0.4 is 0 Å². The number of aliphatic hydroxyl groups is 1. The Bertz CT molecular complexity index is 155. The predicted octanol–water partition coefficient (Wildman–Crippen LogP) is 3.43. The zero-order valence-corrected chi connectivity index (χ0v) is 8.76. The molecule has 76 valence electrons. The van der Waals surface area contributed by atoms with Gasteiger partial charge in [-0.05, 0) is 39.0 Å². The van der Waals surface area contributed by atoms with Crippen LogP contribution in [0.2, 0.25) is 0 Å². The molecule has 0 aromatic heterocycles. The van der Waals surface area contributed by atoms with Crippen molar-refractivity contribution >= 4 is 0 Å². The van der Waals surface area contributed by atoms with Gasteiger partial charge in [-0.3, -0.25) is 0 Å². The van der Waals surface area contributed by atoms with Crippen LogP contribution in [0.4, 0.5) is 0 Å². The Morgan fingerprint density at radius 1 is 1.15 bits per heavy atom. The van der Waals surface area contributed by atoms with E-state index in [4.69, 9.17) is 5.11 Å². The second kappa shape index (κ2) is 6.20.